The first-order valence-electron chi connectivity index (χ1n) is 11.1. The van der Waals surface area contributed by atoms with E-state index in [-0.39, 0.29) is 23.2 Å². The number of aromatic nitrogens is 2. The number of nitrogen functional groups attached to an aromatic ring is 1. The van der Waals surface area contributed by atoms with Crippen LogP contribution >= 0.6 is 0 Å². The van der Waals surface area contributed by atoms with Crippen molar-refractivity contribution in [1.82, 2.24) is 20.7 Å². The maximum Gasteiger partial charge on any atom is 0.270 e. The summed E-state index contributed by atoms with van der Waals surface area (Å²) in [6.07, 6.45) is 8.79. The van der Waals surface area contributed by atoms with E-state index in [0.717, 1.165) is 5.56 Å². The monoisotopic (exact) mass is 463 g/mol. The summed E-state index contributed by atoms with van der Waals surface area (Å²) in [5, 5.41) is 20.1. The van der Waals surface area contributed by atoms with Crippen LogP contribution in [0.2, 0.25) is 0 Å². The summed E-state index contributed by atoms with van der Waals surface area (Å²) in [6.45, 7) is 5.85. The third kappa shape index (κ3) is 4.37. The zero-order chi connectivity index (χ0) is 24.5. The Labute approximate surface area is 197 Å². The normalized spacial score (nSPS) is 22.5. The summed E-state index contributed by atoms with van der Waals surface area (Å²) >= 11 is 0. The molecule has 1 aromatic heterocycles. The van der Waals surface area contributed by atoms with Crippen LogP contribution in [-0.2, 0) is 6.42 Å². The van der Waals surface area contributed by atoms with Gasteiger partial charge in [0.1, 0.15) is 11.4 Å². The minimum absolute atomic E-state index is 0.131. The number of aliphatic hydroxyl groups is 1. The maximum absolute atomic E-state index is 12.6. The predicted molar refractivity (Wildman–Crippen MR) is 130 cm³/mol. The fourth-order valence-corrected chi connectivity index (χ4v) is 4.29. The van der Waals surface area contributed by atoms with E-state index in [9.17, 15) is 14.7 Å². The number of carbonyl (C=O) groups excluding carboxylic acids is 2. The van der Waals surface area contributed by atoms with Crippen LogP contribution in [0.25, 0.3) is 0 Å². The SMILES string of the molecule is CC[C@]1(Nc2nc(Nc3cccc4c3CC(C)(C)NC4=O)ncc2C(=O)NN)C=CC=CC1O. The number of nitrogens with two attached hydrogens (primary N) is 1. The number of aliphatic hydroxyl groups excluding tert-OH is 1. The number of nitrogens with one attached hydrogen (secondary N) is 4. The lowest BCUT2D eigenvalue weighted by Crippen LogP contribution is -2.49. The number of rotatable bonds is 6. The van der Waals surface area contributed by atoms with Crippen LogP contribution in [0.15, 0.2) is 48.7 Å². The Morgan fingerprint density at radius 1 is 1.32 bits per heavy atom. The third-order valence-electron chi connectivity index (χ3n) is 6.16. The highest BCUT2D eigenvalue weighted by Crippen LogP contribution is 2.32. The minimum Gasteiger partial charge on any atom is -0.386 e. The molecule has 178 valence electrons. The molecule has 34 heavy (non-hydrogen) atoms. The van der Waals surface area contributed by atoms with Gasteiger partial charge in [-0.1, -0.05) is 37.3 Å². The van der Waals surface area contributed by atoms with Crippen molar-refractivity contribution < 1.29 is 14.7 Å². The summed E-state index contributed by atoms with van der Waals surface area (Å²) in [5.74, 6) is 5.10. The van der Waals surface area contributed by atoms with Gasteiger partial charge >= 0.3 is 0 Å². The van der Waals surface area contributed by atoms with E-state index in [1.807, 2.05) is 39.0 Å². The van der Waals surface area contributed by atoms with E-state index in [2.05, 4.69) is 31.3 Å². The molecule has 0 saturated heterocycles. The molecule has 0 spiro atoms. The van der Waals surface area contributed by atoms with Crippen LogP contribution in [0.1, 0.15) is 53.5 Å². The van der Waals surface area contributed by atoms with E-state index in [4.69, 9.17) is 5.84 Å². The van der Waals surface area contributed by atoms with Gasteiger partial charge in [-0.05, 0) is 44.4 Å². The van der Waals surface area contributed by atoms with Gasteiger partial charge in [0, 0.05) is 23.0 Å². The first-order chi connectivity index (χ1) is 16.2. The van der Waals surface area contributed by atoms with Crippen LogP contribution in [-0.4, -0.2) is 44.1 Å². The molecule has 2 aromatic rings. The Balaban J connectivity index is 1.72. The quantitative estimate of drug-likeness (QED) is 0.216. The zero-order valence-electron chi connectivity index (χ0n) is 19.3. The fraction of sp³-hybridized carbons (Fsp3) is 0.333. The summed E-state index contributed by atoms with van der Waals surface area (Å²) in [7, 11) is 0. The number of hydrogen-bond acceptors (Lipinski definition) is 8. The number of hydrogen-bond donors (Lipinski definition) is 6. The lowest BCUT2D eigenvalue weighted by atomic mass is 9.85. The third-order valence-corrected chi connectivity index (χ3v) is 6.16. The van der Waals surface area contributed by atoms with Crippen molar-refractivity contribution in [2.75, 3.05) is 10.6 Å². The Morgan fingerprint density at radius 3 is 2.82 bits per heavy atom. The Kier molecular flexibility index (Phi) is 6.11. The van der Waals surface area contributed by atoms with Crippen molar-refractivity contribution in [3.05, 3.63) is 65.4 Å². The van der Waals surface area contributed by atoms with Crippen molar-refractivity contribution in [2.45, 2.75) is 50.8 Å². The van der Waals surface area contributed by atoms with Gasteiger partial charge in [-0.3, -0.25) is 15.0 Å². The van der Waals surface area contributed by atoms with Gasteiger partial charge in [0.2, 0.25) is 5.95 Å². The maximum atomic E-state index is 12.6. The molecule has 1 aliphatic carbocycles. The molecule has 10 nitrogen and oxygen atoms in total. The van der Waals surface area contributed by atoms with Crippen molar-refractivity contribution in [2.24, 2.45) is 5.84 Å². The summed E-state index contributed by atoms with van der Waals surface area (Å²) in [6, 6.07) is 5.43. The van der Waals surface area contributed by atoms with Gasteiger partial charge in [0.25, 0.3) is 11.8 Å². The van der Waals surface area contributed by atoms with Crippen LogP contribution in [0.3, 0.4) is 0 Å². The highest BCUT2D eigenvalue weighted by atomic mass is 16.3. The highest BCUT2D eigenvalue weighted by Gasteiger charge is 2.35. The van der Waals surface area contributed by atoms with E-state index in [1.54, 1.807) is 24.3 Å². The van der Waals surface area contributed by atoms with Crippen molar-refractivity contribution >= 4 is 29.3 Å². The van der Waals surface area contributed by atoms with Gasteiger partial charge in [0.05, 0.1) is 11.6 Å². The molecule has 7 N–H and O–H groups in total. The summed E-state index contributed by atoms with van der Waals surface area (Å²) in [4.78, 5) is 33.8. The second-order valence-corrected chi connectivity index (χ2v) is 9.11. The number of hydrazine groups is 1. The molecule has 10 heteroatoms. The van der Waals surface area contributed by atoms with Gasteiger partial charge < -0.3 is 21.1 Å². The molecule has 0 fully saturated rings. The van der Waals surface area contributed by atoms with Gasteiger partial charge in [0.15, 0.2) is 0 Å². The second-order valence-electron chi connectivity index (χ2n) is 9.11. The summed E-state index contributed by atoms with van der Waals surface area (Å²) in [5.41, 5.74) is 3.13. The van der Waals surface area contributed by atoms with Crippen molar-refractivity contribution in [3.63, 3.8) is 0 Å². The average molecular weight is 464 g/mol. The van der Waals surface area contributed by atoms with E-state index < -0.39 is 23.1 Å². The van der Waals surface area contributed by atoms with Gasteiger partial charge in [-0.25, -0.2) is 10.8 Å². The van der Waals surface area contributed by atoms with Gasteiger partial charge in [-0.2, -0.15) is 4.98 Å². The minimum atomic E-state index is -0.863. The second kappa shape index (κ2) is 8.88. The smallest absolute Gasteiger partial charge is 0.270 e. The lowest BCUT2D eigenvalue weighted by molar-refractivity contribution is 0.0896. The van der Waals surface area contributed by atoms with Gasteiger partial charge in [-0.15, -0.1) is 0 Å². The molecule has 0 saturated carbocycles. The molecular weight excluding hydrogens is 434 g/mol. The number of benzene rings is 1. The number of anilines is 3. The molecule has 1 aromatic carbocycles. The topological polar surface area (TPSA) is 154 Å². The molecule has 1 unspecified atom stereocenters. The Hall–Kier alpha value is -3.76. The molecule has 2 heterocycles. The lowest BCUT2D eigenvalue weighted by Gasteiger charge is -2.36. The van der Waals surface area contributed by atoms with E-state index in [0.29, 0.717) is 24.1 Å². The largest absolute Gasteiger partial charge is 0.386 e. The molecule has 2 amide bonds. The number of fused-ring (bicyclic) bond motifs is 1. The van der Waals surface area contributed by atoms with Crippen LogP contribution in [0.4, 0.5) is 17.5 Å². The standard InChI is InChI=1S/C24H29N7O3/c1-4-24(11-6-5-10-18(24)32)29-19-16(21(34)31-25)13-26-22(28-19)27-17-9-7-8-14-15(17)12-23(2,3)30-20(14)33/h5-11,13,18,32H,4,12,25H2,1-3H3,(H,30,33)(H,31,34)(H2,26,27,28,29)/t18?,24-/m0/s1. The molecule has 0 radical (unpaired) electrons. The van der Waals surface area contributed by atoms with E-state index in [1.165, 1.54) is 6.20 Å². The molecule has 2 aliphatic rings. The first-order valence-corrected chi connectivity index (χ1v) is 11.1. The van der Waals surface area contributed by atoms with Crippen molar-refractivity contribution in [1.29, 1.82) is 0 Å². The number of carbonyl (C=O) groups is 2. The predicted octanol–water partition coefficient (Wildman–Crippen LogP) is 1.94. The molecular formula is C24H29N7O3. The Morgan fingerprint density at radius 2 is 2.12 bits per heavy atom. The molecule has 0 bridgehead atoms. The van der Waals surface area contributed by atoms with E-state index >= 15 is 0 Å². The summed E-state index contributed by atoms with van der Waals surface area (Å²) < 4.78 is 0. The number of nitrogens with zero attached hydrogens (tertiary/aromatic N) is 2. The van der Waals surface area contributed by atoms with Crippen LogP contribution < -0.4 is 27.2 Å². The highest BCUT2D eigenvalue weighted by molar-refractivity contribution is 6.00. The molecule has 4 rings (SSSR count). The molecule has 2 atom stereocenters. The first kappa shape index (κ1) is 23.4. The Bertz CT molecular complexity index is 1190. The average Bonchev–Trinajstić information content (AvgIpc) is 2.80. The molecule has 1 aliphatic heterocycles. The van der Waals surface area contributed by atoms with Crippen LogP contribution in [0.5, 0.6) is 0 Å². The number of allylic oxidation sites excluding steroid dienone is 2. The fourth-order valence-electron chi connectivity index (χ4n) is 4.29. The van der Waals surface area contributed by atoms with Crippen LogP contribution in [0, 0.1) is 0 Å². The van der Waals surface area contributed by atoms with Crippen molar-refractivity contribution in [3.8, 4) is 0 Å². The number of amides is 2. The zero-order valence-corrected chi connectivity index (χ0v) is 19.3.